The molecule has 0 aromatic heterocycles. The molecule has 29 heteroatoms. The van der Waals surface area contributed by atoms with Gasteiger partial charge in [0.15, 0.2) is 25.2 Å². The van der Waals surface area contributed by atoms with Crippen molar-refractivity contribution in [1.82, 2.24) is 0 Å². The number of nitro benzene ring substituents is 1. The van der Waals surface area contributed by atoms with Gasteiger partial charge in [0.25, 0.3) is 5.69 Å². The minimum absolute atomic E-state index is 0.0196. The average molecular weight is 950 g/mol. The van der Waals surface area contributed by atoms with E-state index in [4.69, 9.17) is 47.4 Å². The molecule has 0 spiro atoms. The molecule has 16 N–H and O–H groups in total. The van der Waals surface area contributed by atoms with Crippen LogP contribution in [0, 0.1) is 10.1 Å². The van der Waals surface area contributed by atoms with Crippen molar-refractivity contribution in [3.8, 4) is 5.75 Å². The predicted octanol–water partition coefficient (Wildman–Crippen LogP) is -9.93. The second-order valence-corrected chi connectivity index (χ2v) is 15.8. The number of nitro groups is 1. The van der Waals surface area contributed by atoms with Gasteiger partial charge in [-0.3, -0.25) is 10.1 Å². The maximum Gasteiger partial charge on any atom is 0.269 e. The summed E-state index contributed by atoms with van der Waals surface area (Å²) >= 11 is 0. The monoisotopic (exact) mass is 949 g/mol. The number of ether oxygens (including phenoxy) is 10. The van der Waals surface area contributed by atoms with Crippen molar-refractivity contribution >= 4 is 5.69 Å². The molecular weight excluding hydrogens is 894 g/mol. The van der Waals surface area contributed by atoms with Gasteiger partial charge in [0.05, 0.1) is 38.0 Å². The first kappa shape index (κ1) is 51.8. The largest absolute Gasteiger partial charge is 0.462 e. The van der Waals surface area contributed by atoms with E-state index in [0.717, 1.165) is 12.1 Å². The molecule has 0 amide bonds. The standard InChI is InChI=1S/C36H55NO28/c38-5-12-17(43)18(44)23(49)33(57-12)62-29-14(7-40)59-35(25(51)20(29)46)64-31-16(9-42)61-36(27(53)22(31)48)65-30-15(8-41)60-34(26(52)21(30)47)63-28-13(6-39)58-32(24(50)19(28)45)56-11-3-1-10(2-4-11)37(54)55/h1-4,12-36,38-53H,5-9H2/t12-,13-,14-,15-,16-,17-,18+,19-,20-,21-,22-,23-,24-,25-,26-,27-,28-,29-,30-,31?,32+,33-,34-,35-,36-/m1/s1. The Hall–Kier alpha value is -2.58. The van der Waals surface area contributed by atoms with Crippen LogP contribution in [-0.2, 0) is 42.6 Å². The number of hydrogen-bond donors (Lipinski definition) is 16. The Morgan fingerprint density at radius 1 is 0.400 bits per heavy atom. The van der Waals surface area contributed by atoms with E-state index < -0.39 is 191 Å². The molecule has 0 saturated carbocycles. The zero-order valence-electron chi connectivity index (χ0n) is 33.8. The lowest BCUT2D eigenvalue weighted by atomic mass is 9.95. The molecule has 1 aromatic rings. The van der Waals surface area contributed by atoms with Crippen molar-refractivity contribution in [2.75, 3.05) is 33.0 Å². The van der Waals surface area contributed by atoms with E-state index in [9.17, 15) is 91.8 Å². The maximum absolute atomic E-state index is 11.2. The van der Waals surface area contributed by atoms with Crippen LogP contribution in [0.4, 0.5) is 5.69 Å². The number of benzene rings is 1. The molecule has 5 aliphatic heterocycles. The van der Waals surface area contributed by atoms with Crippen LogP contribution in [0.25, 0.3) is 0 Å². The fraction of sp³-hybridized carbons (Fsp3) is 0.833. The quantitative estimate of drug-likeness (QED) is 0.0540. The third-order valence-corrected chi connectivity index (χ3v) is 11.6. The smallest absolute Gasteiger partial charge is 0.269 e. The normalized spacial score (nSPS) is 47.3. The molecule has 29 nitrogen and oxygen atoms in total. The lowest BCUT2D eigenvalue weighted by molar-refractivity contribution is -0.392. The second-order valence-electron chi connectivity index (χ2n) is 15.8. The summed E-state index contributed by atoms with van der Waals surface area (Å²) in [5, 5.41) is 180. The Morgan fingerprint density at radius 2 is 0.677 bits per heavy atom. The van der Waals surface area contributed by atoms with E-state index in [2.05, 4.69) is 0 Å². The van der Waals surface area contributed by atoms with Gasteiger partial charge in [0.1, 0.15) is 128 Å². The van der Waals surface area contributed by atoms with Gasteiger partial charge >= 0.3 is 0 Å². The molecule has 1 aromatic carbocycles. The van der Waals surface area contributed by atoms with Crippen molar-refractivity contribution in [2.45, 2.75) is 154 Å². The Balaban J connectivity index is 1.07. The summed E-state index contributed by atoms with van der Waals surface area (Å²) in [6, 6.07) is 4.59. The van der Waals surface area contributed by atoms with Crippen molar-refractivity contribution in [2.24, 2.45) is 0 Å². The molecular formula is C36H55NO28. The Kier molecular flexibility index (Phi) is 17.7. The van der Waals surface area contributed by atoms with Crippen LogP contribution in [0.2, 0.25) is 0 Å². The molecule has 65 heavy (non-hydrogen) atoms. The summed E-state index contributed by atoms with van der Waals surface area (Å²) < 4.78 is 55.6. The number of rotatable bonds is 16. The van der Waals surface area contributed by atoms with Crippen LogP contribution >= 0.6 is 0 Å². The predicted molar refractivity (Wildman–Crippen MR) is 198 cm³/mol. The van der Waals surface area contributed by atoms with Crippen LogP contribution in [-0.4, -0.2) is 273 Å². The second kappa shape index (κ2) is 22.2. The van der Waals surface area contributed by atoms with Crippen molar-refractivity contribution in [1.29, 1.82) is 0 Å². The van der Waals surface area contributed by atoms with Gasteiger partial charge in [0.2, 0.25) is 6.29 Å². The molecule has 6 rings (SSSR count). The van der Waals surface area contributed by atoms with Gasteiger partial charge in [-0.15, -0.1) is 0 Å². The molecule has 5 aliphatic rings. The number of hydrogen-bond acceptors (Lipinski definition) is 28. The van der Waals surface area contributed by atoms with Crippen LogP contribution in [0.15, 0.2) is 24.3 Å². The van der Waals surface area contributed by atoms with Gasteiger partial charge in [0, 0.05) is 12.1 Å². The van der Waals surface area contributed by atoms with E-state index >= 15 is 0 Å². The summed E-state index contributed by atoms with van der Waals surface area (Å²) in [6.45, 7) is -4.63. The van der Waals surface area contributed by atoms with Crippen LogP contribution in [0.3, 0.4) is 0 Å². The first-order valence-corrected chi connectivity index (χ1v) is 20.2. The van der Waals surface area contributed by atoms with Crippen molar-refractivity contribution in [3.05, 3.63) is 34.4 Å². The Morgan fingerprint density at radius 3 is 0.985 bits per heavy atom. The molecule has 0 bridgehead atoms. The number of non-ortho nitro benzene ring substituents is 1. The highest BCUT2D eigenvalue weighted by Crippen LogP contribution is 2.36. The Labute approximate surface area is 366 Å². The minimum Gasteiger partial charge on any atom is -0.462 e. The highest BCUT2D eigenvalue weighted by atomic mass is 16.8. The minimum atomic E-state index is -2.15. The first-order valence-electron chi connectivity index (χ1n) is 20.2. The van der Waals surface area contributed by atoms with E-state index in [1.54, 1.807) is 0 Å². The highest BCUT2D eigenvalue weighted by molar-refractivity contribution is 5.36. The summed E-state index contributed by atoms with van der Waals surface area (Å²) in [4.78, 5) is 10.3. The van der Waals surface area contributed by atoms with Crippen molar-refractivity contribution in [3.63, 3.8) is 0 Å². The van der Waals surface area contributed by atoms with Gasteiger partial charge in [-0.25, -0.2) is 0 Å². The lowest BCUT2D eigenvalue weighted by Gasteiger charge is -2.49. The molecule has 0 radical (unpaired) electrons. The maximum atomic E-state index is 11.2. The molecule has 372 valence electrons. The van der Waals surface area contributed by atoms with E-state index in [0.29, 0.717) is 0 Å². The number of nitrogens with zero attached hydrogens (tertiary/aromatic N) is 1. The van der Waals surface area contributed by atoms with E-state index in [-0.39, 0.29) is 11.4 Å². The van der Waals surface area contributed by atoms with Gasteiger partial charge < -0.3 is 129 Å². The molecule has 5 fully saturated rings. The fourth-order valence-corrected chi connectivity index (χ4v) is 7.90. The molecule has 5 heterocycles. The SMILES string of the molecule is O=[N+]([O-])c1ccc(O[C@H]2O[C@H](CO)[C@@H](O[C@H]3O[C@H](CO)[C@@H](O[C@H]4O[C@H](CO)C(O[C@H]5O[C@H](CO)[C@@H](O[C@H]6O[C@H](CO)[C@@H](O)[C@H](O)[C@H]6O)[C@H](O)[C@H]5O)[C@H](O)[C@H]4O)[C@H](O)[C@H]3O)[C@H](O)[C@H]2O)cc1. The topological polar surface area (TPSA) is 459 Å². The van der Waals surface area contributed by atoms with Crippen LogP contribution in [0.1, 0.15) is 0 Å². The number of aliphatic hydroxyl groups is 16. The number of aliphatic hydroxyl groups excluding tert-OH is 16. The van der Waals surface area contributed by atoms with E-state index in [1.165, 1.54) is 12.1 Å². The van der Waals surface area contributed by atoms with Gasteiger partial charge in [-0.2, -0.15) is 0 Å². The van der Waals surface area contributed by atoms with Gasteiger partial charge in [-0.05, 0) is 12.1 Å². The first-order chi connectivity index (χ1) is 30.9. The molecule has 0 aliphatic carbocycles. The zero-order chi connectivity index (χ0) is 47.6. The lowest BCUT2D eigenvalue weighted by Crippen LogP contribution is -2.68. The molecule has 1 unspecified atom stereocenters. The Bertz CT molecular complexity index is 1640. The third kappa shape index (κ3) is 10.8. The average Bonchev–Trinajstić information content (AvgIpc) is 3.30. The molecule has 25 atom stereocenters. The highest BCUT2D eigenvalue weighted by Gasteiger charge is 2.56. The summed E-state index contributed by atoms with van der Waals surface area (Å²) in [7, 11) is 0. The summed E-state index contributed by atoms with van der Waals surface area (Å²) in [5.74, 6) is -0.0196. The fourth-order valence-electron chi connectivity index (χ4n) is 7.90. The molecule has 5 saturated heterocycles. The van der Waals surface area contributed by atoms with Crippen LogP contribution < -0.4 is 4.74 Å². The third-order valence-electron chi connectivity index (χ3n) is 11.6. The van der Waals surface area contributed by atoms with Crippen LogP contribution in [0.5, 0.6) is 5.75 Å². The zero-order valence-corrected chi connectivity index (χ0v) is 33.8. The van der Waals surface area contributed by atoms with E-state index in [1.807, 2.05) is 0 Å². The van der Waals surface area contributed by atoms with Gasteiger partial charge in [-0.1, -0.05) is 0 Å². The summed E-state index contributed by atoms with van der Waals surface area (Å²) in [5.41, 5.74) is -0.267. The summed E-state index contributed by atoms with van der Waals surface area (Å²) in [6.07, 6.45) is -46.2. The van der Waals surface area contributed by atoms with Crippen molar-refractivity contribution < 1.29 is 134 Å².